The van der Waals surface area contributed by atoms with Gasteiger partial charge in [-0.05, 0) is 48.9 Å². The molecule has 2 aromatic rings. The van der Waals surface area contributed by atoms with E-state index in [9.17, 15) is 19.8 Å². The normalized spacial score (nSPS) is 22.9. The smallest absolute Gasteiger partial charge is 0.243 e. The number of ether oxygens (including phenoxy) is 2. The van der Waals surface area contributed by atoms with Crippen molar-refractivity contribution in [2.45, 2.75) is 89.1 Å². The zero-order valence-corrected chi connectivity index (χ0v) is 23.5. The molecule has 224 valence electrons. The Labute approximate surface area is 241 Å². The van der Waals surface area contributed by atoms with Crippen LogP contribution in [0.3, 0.4) is 0 Å². The fourth-order valence-electron chi connectivity index (χ4n) is 5.52. The number of rotatable bonds is 14. The maximum absolute atomic E-state index is 12.2. The maximum Gasteiger partial charge on any atom is 0.243 e. The van der Waals surface area contributed by atoms with Gasteiger partial charge in [0.15, 0.2) is 6.29 Å². The van der Waals surface area contributed by atoms with E-state index in [2.05, 4.69) is 10.2 Å². The van der Waals surface area contributed by atoms with Gasteiger partial charge in [-0.25, -0.2) is 5.48 Å². The second-order valence-corrected chi connectivity index (χ2v) is 10.9. The minimum Gasteiger partial charge on any atom is -0.395 e. The molecule has 0 bridgehead atoms. The number of aliphatic hydroxyl groups is 2. The summed E-state index contributed by atoms with van der Waals surface area (Å²) in [4.78, 5) is 25.6. The van der Waals surface area contributed by atoms with Gasteiger partial charge in [-0.15, -0.1) is 0 Å². The number of carbonyl (C=O) groups excluding carboxylic acids is 2. The van der Waals surface area contributed by atoms with E-state index in [-0.39, 0.29) is 43.8 Å². The number of hydrogen-bond acceptors (Lipinski definition) is 8. The van der Waals surface area contributed by atoms with E-state index in [1.54, 1.807) is 5.48 Å². The second-order valence-electron chi connectivity index (χ2n) is 10.9. The number of hydroxylamine groups is 1. The summed E-state index contributed by atoms with van der Waals surface area (Å²) >= 11 is 0. The lowest BCUT2D eigenvalue weighted by Gasteiger charge is -2.38. The largest absolute Gasteiger partial charge is 0.395 e. The van der Waals surface area contributed by atoms with Gasteiger partial charge in [0, 0.05) is 44.0 Å². The molecule has 2 aliphatic rings. The number of amides is 2. The molecular formula is C31H43N3O7. The van der Waals surface area contributed by atoms with E-state index < -0.39 is 12.2 Å². The molecule has 2 heterocycles. The maximum atomic E-state index is 12.2. The van der Waals surface area contributed by atoms with Crippen LogP contribution in [0.5, 0.6) is 0 Å². The number of nitrogens with one attached hydrogen (secondary N) is 2. The molecular weight excluding hydrogens is 526 g/mol. The van der Waals surface area contributed by atoms with Crippen molar-refractivity contribution in [3.05, 3.63) is 70.8 Å². The lowest BCUT2D eigenvalue weighted by atomic mass is 9.99. The average molecular weight is 570 g/mol. The summed E-state index contributed by atoms with van der Waals surface area (Å²) in [6.45, 7) is 2.25. The van der Waals surface area contributed by atoms with Gasteiger partial charge >= 0.3 is 0 Å². The first-order chi connectivity index (χ1) is 20.0. The molecule has 0 aliphatic carbocycles. The van der Waals surface area contributed by atoms with Crippen LogP contribution in [0.2, 0.25) is 0 Å². The number of nitrogens with zero attached hydrogens (tertiary/aromatic N) is 1. The van der Waals surface area contributed by atoms with Gasteiger partial charge in [-0.1, -0.05) is 55.0 Å². The van der Waals surface area contributed by atoms with E-state index in [0.717, 1.165) is 54.6 Å². The highest BCUT2D eigenvalue weighted by Gasteiger charge is 2.35. The first-order valence-corrected chi connectivity index (χ1v) is 14.6. The number of benzene rings is 2. The standard InChI is InChI=1S/C31H43N3O7/c35-20-23-10-12-24(13-11-23)28-17-27(19-34-16-4-5-26(34)21-36)40-31(41-28)25-14-8-22(9-15-25)18-32-29(37)6-2-1-3-7-30(38)33-39/h8-15,26-28,31,35-36,39H,1-7,16-21H2,(H,32,37)(H,33,38)/t26-,27+,28-,31-/m0/s1. The zero-order chi connectivity index (χ0) is 29.0. The van der Waals surface area contributed by atoms with Crippen LogP contribution >= 0.6 is 0 Å². The van der Waals surface area contributed by atoms with Gasteiger partial charge in [-0.3, -0.25) is 19.7 Å². The third-order valence-electron chi connectivity index (χ3n) is 7.94. The molecule has 0 unspecified atom stereocenters. The van der Waals surface area contributed by atoms with Gasteiger partial charge in [-0.2, -0.15) is 0 Å². The summed E-state index contributed by atoms with van der Waals surface area (Å²) in [5.74, 6) is -0.452. The Morgan fingerprint density at radius 1 is 0.878 bits per heavy atom. The fourth-order valence-corrected chi connectivity index (χ4v) is 5.52. The van der Waals surface area contributed by atoms with Gasteiger partial charge in [0.25, 0.3) is 0 Å². The van der Waals surface area contributed by atoms with E-state index >= 15 is 0 Å². The molecule has 2 fully saturated rings. The summed E-state index contributed by atoms with van der Waals surface area (Å²) in [5, 5.41) is 30.7. The van der Waals surface area contributed by atoms with E-state index in [1.807, 2.05) is 48.5 Å². The fraction of sp³-hybridized carbons (Fsp3) is 0.548. The molecule has 41 heavy (non-hydrogen) atoms. The van der Waals surface area contributed by atoms with Crippen LogP contribution < -0.4 is 10.8 Å². The van der Waals surface area contributed by atoms with E-state index in [4.69, 9.17) is 14.7 Å². The number of carbonyl (C=O) groups is 2. The lowest BCUT2D eigenvalue weighted by Crippen LogP contribution is -2.42. The third-order valence-corrected chi connectivity index (χ3v) is 7.94. The molecule has 0 aromatic heterocycles. The van der Waals surface area contributed by atoms with Gasteiger partial charge in [0.1, 0.15) is 0 Å². The van der Waals surface area contributed by atoms with Crippen molar-refractivity contribution in [2.24, 2.45) is 0 Å². The third kappa shape index (κ3) is 9.32. The second kappa shape index (κ2) is 16.0. The molecule has 2 aliphatic heterocycles. The average Bonchev–Trinajstić information content (AvgIpc) is 3.46. The monoisotopic (exact) mass is 569 g/mol. The minimum atomic E-state index is -0.553. The SMILES string of the molecule is O=C(CCCCCC(=O)NCc1ccc([C@H]2O[C@@H](CN3CCC[C@H]3CO)C[C@@H](c3ccc(CO)cc3)O2)cc1)NO. The van der Waals surface area contributed by atoms with Crippen molar-refractivity contribution in [1.82, 2.24) is 15.7 Å². The van der Waals surface area contributed by atoms with Crippen molar-refractivity contribution in [1.29, 1.82) is 0 Å². The Hall–Kier alpha value is -2.86. The minimum absolute atomic E-state index is 0.00398. The summed E-state index contributed by atoms with van der Waals surface area (Å²) in [7, 11) is 0. The quantitative estimate of drug-likeness (QED) is 0.133. The van der Waals surface area contributed by atoms with Crippen LogP contribution in [-0.4, -0.2) is 64.0 Å². The highest BCUT2D eigenvalue weighted by atomic mass is 16.7. The zero-order valence-electron chi connectivity index (χ0n) is 23.5. The van der Waals surface area contributed by atoms with Gasteiger partial charge in [0.05, 0.1) is 25.4 Å². The summed E-state index contributed by atoms with van der Waals surface area (Å²) in [5.41, 5.74) is 5.36. The summed E-state index contributed by atoms with van der Waals surface area (Å²) in [6.07, 6.45) is 4.66. The van der Waals surface area contributed by atoms with Crippen molar-refractivity contribution in [2.75, 3.05) is 19.7 Å². The Kier molecular flexibility index (Phi) is 12.1. The Morgan fingerprint density at radius 3 is 2.24 bits per heavy atom. The Morgan fingerprint density at radius 2 is 1.56 bits per heavy atom. The number of hydrogen-bond donors (Lipinski definition) is 5. The predicted molar refractivity (Wildman–Crippen MR) is 151 cm³/mol. The molecule has 5 N–H and O–H groups in total. The number of unbranched alkanes of at least 4 members (excludes halogenated alkanes) is 2. The first-order valence-electron chi connectivity index (χ1n) is 14.6. The topological polar surface area (TPSA) is 141 Å². The molecule has 2 amide bonds. The molecule has 2 saturated heterocycles. The Bertz CT molecular complexity index is 1100. The van der Waals surface area contributed by atoms with Crippen LogP contribution in [0.15, 0.2) is 48.5 Å². The molecule has 0 saturated carbocycles. The number of aliphatic hydroxyl groups excluding tert-OH is 2. The Balaban J connectivity index is 1.33. The summed E-state index contributed by atoms with van der Waals surface area (Å²) < 4.78 is 12.9. The molecule has 0 radical (unpaired) electrons. The molecule has 10 heteroatoms. The van der Waals surface area contributed by atoms with Gasteiger partial charge in [0.2, 0.25) is 11.8 Å². The molecule has 2 aromatic carbocycles. The van der Waals surface area contributed by atoms with Crippen molar-refractivity contribution < 1.29 is 34.5 Å². The van der Waals surface area contributed by atoms with Crippen LogP contribution in [0, 0.1) is 0 Å². The summed E-state index contributed by atoms with van der Waals surface area (Å²) in [6, 6.07) is 15.9. The van der Waals surface area contributed by atoms with Crippen LogP contribution in [0.1, 0.15) is 86.0 Å². The van der Waals surface area contributed by atoms with Gasteiger partial charge < -0.3 is 25.0 Å². The van der Waals surface area contributed by atoms with E-state index in [0.29, 0.717) is 32.2 Å². The predicted octanol–water partition coefficient (Wildman–Crippen LogP) is 3.25. The highest BCUT2D eigenvalue weighted by molar-refractivity contribution is 5.76. The highest BCUT2D eigenvalue weighted by Crippen LogP contribution is 2.38. The molecule has 10 nitrogen and oxygen atoms in total. The van der Waals surface area contributed by atoms with Crippen LogP contribution in [0.25, 0.3) is 0 Å². The molecule has 4 atom stereocenters. The van der Waals surface area contributed by atoms with Crippen LogP contribution in [0.4, 0.5) is 0 Å². The van der Waals surface area contributed by atoms with Crippen molar-refractivity contribution >= 4 is 11.8 Å². The molecule has 4 rings (SSSR count). The van der Waals surface area contributed by atoms with E-state index in [1.165, 1.54) is 0 Å². The lowest BCUT2D eigenvalue weighted by molar-refractivity contribution is -0.253. The first kappa shape index (κ1) is 31.1. The van der Waals surface area contributed by atoms with Crippen molar-refractivity contribution in [3.63, 3.8) is 0 Å². The van der Waals surface area contributed by atoms with Crippen LogP contribution in [-0.2, 0) is 32.2 Å². The van der Waals surface area contributed by atoms with Crippen molar-refractivity contribution in [3.8, 4) is 0 Å². The molecule has 0 spiro atoms. The number of likely N-dealkylation sites (tertiary alicyclic amines) is 1.